The van der Waals surface area contributed by atoms with Gasteiger partial charge in [0.05, 0.1) is 6.10 Å². The zero-order valence-electron chi connectivity index (χ0n) is 7.47. The van der Waals surface area contributed by atoms with Gasteiger partial charge in [-0.2, -0.15) is 0 Å². The number of ether oxygens (including phenoxy) is 1. The van der Waals surface area contributed by atoms with E-state index in [2.05, 4.69) is 20.5 Å². The van der Waals surface area contributed by atoms with Crippen molar-refractivity contribution in [3.05, 3.63) is 24.0 Å². The van der Waals surface area contributed by atoms with Crippen molar-refractivity contribution in [3.8, 4) is 5.75 Å². The summed E-state index contributed by atoms with van der Waals surface area (Å²) in [5, 5.41) is 0. The summed E-state index contributed by atoms with van der Waals surface area (Å²) in [6.45, 7) is 3.71. The van der Waals surface area contributed by atoms with E-state index in [4.69, 9.17) is 4.74 Å². The molecule has 0 bridgehead atoms. The van der Waals surface area contributed by atoms with Crippen molar-refractivity contribution in [1.29, 1.82) is 0 Å². The van der Waals surface area contributed by atoms with Gasteiger partial charge in [0.2, 0.25) is 0 Å². The Morgan fingerprint density at radius 3 is 2.62 bits per heavy atom. The Kier molecular flexibility index (Phi) is 3.54. The first-order valence-corrected chi connectivity index (χ1v) is 4.75. The van der Waals surface area contributed by atoms with E-state index in [1.165, 1.54) is 6.07 Å². The lowest BCUT2D eigenvalue weighted by molar-refractivity contribution is 0.231. The fourth-order valence-corrected chi connectivity index (χ4v) is 1.16. The monoisotopic (exact) mass is 247 g/mol. The molecular weight excluding hydrogens is 237 g/mol. The molecule has 0 aliphatic rings. The molecule has 0 atom stereocenters. The van der Waals surface area contributed by atoms with E-state index in [0.29, 0.717) is 5.69 Å². The Morgan fingerprint density at radius 1 is 1.46 bits per heavy atom. The molecule has 4 heteroatoms. The number of nitrogens with one attached hydrogen (secondary N) is 1. The first-order chi connectivity index (χ1) is 6.13. The number of benzene rings is 1. The molecule has 0 unspecified atom stereocenters. The van der Waals surface area contributed by atoms with Crippen LogP contribution in [-0.4, -0.2) is 6.10 Å². The molecular formula is C9H11BrFNO. The normalized spacial score (nSPS) is 10.2. The van der Waals surface area contributed by atoms with Crippen LogP contribution in [0.2, 0.25) is 0 Å². The highest BCUT2D eigenvalue weighted by molar-refractivity contribution is 9.10. The molecule has 0 saturated carbocycles. The van der Waals surface area contributed by atoms with Crippen LogP contribution in [0, 0.1) is 5.82 Å². The Morgan fingerprint density at radius 2 is 2.15 bits per heavy atom. The molecule has 1 N–H and O–H groups in total. The van der Waals surface area contributed by atoms with Crippen molar-refractivity contribution >= 4 is 21.8 Å². The Labute approximate surface area is 85.4 Å². The number of hydrogen-bond donors (Lipinski definition) is 1. The van der Waals surface area contributed by atoms with Crippen molar-refractivity contribution in [2.24, 2.45) is 0 Å². The number of anilines is 1. The molecule has 13 heavy (non-hydrogen) atoms. The molecule has 0 fully saturated rings. The van der Waals surface area contributed by atoms with Crippen molar-refractivity contribution in [2.75, 3.05) is 4.34 Å². The van der Waals surface area contributed by atoms with Crippen LogP contribution in [0.4, 0.5) is 10.1 Å². The van der Waals surface area contributed by atoms with Crippen molar-refractivity contribution in [2.45, 2.75) is 20.0 Å². The SMILES string of the molecule is CC(C)Oc1ccc(NBr)cc1F. The third-order valence-electron chi connectivity index (χ3n) is 1.40. The van der Waals surface area contributed by atoms with Crippen LogP contribution in [0.1, 0.15) is 13.8 Å². The molecule has 0 radical (unpaired) electrons. The predicted molar refractivity (Wildman–Crippen MR) is 54.7 cm³/mol. The first kappa shape index (κ1) is 10.3. The van der Waals surface area contributed by atoms with E-state index in [1.807, 2.05) is 13.8 Å². The molecule has 0 amide bonds. The molecule has 0 saturated heterocycles. The maximum Gasteiger partial charge on any atom is 0.167 e. The molecule has 0 spiro atoms. The average Bonchev–Trinajstić information content (AvgIpc) is 2.08. The second kappa shape index (κ2) is 4.46. The Bertz CT molecular complexity index is 291. The van der Waals surface area contributed by atoms with Crippen molar-refractivity contribution in [1.82, 2.24) is 0 Å². The van der Waals surface area contributed by atoms with Crippen molar-refractivity contribution in [3.63, 3.8) is 0 Å². The van der Waals surface area contributed by atoms with Gasteiger partial charge in [0.15, 0.2) is 11.6 Å². The van der Waals surface area contributed by atoms with Crippen LogP contribution in [0.5, 0.6) is 5.75 Å². The zero-order valence-corrected chi connectivity index (χ0v) is 9.06. The van der Waals surface area contributed by atoms with Gasteiger partial charge in [-0.25, -0.2) is 4.39 Å². The summed E-state index contributed by atoms with van der Waals surface area (Å²) in [6.07, 6.45) is -0.0164. The fraction of sp³-hybridized carbons (Fsp3) is 0.333. The lowest BCUT2D eigenvalue weighted by Gasteiger charge is -2.10. The zero-order chi connectivity index (χ0) is 9.84. The van der Waals surface area contributed by atoms with E-state index in [-0.39, 0.29) is 17.7 Å². The second-order valence-electron chi connectivity index (χ2n) is 2.91. The summed E-state index contributed by atoms with van der Waals surface area (Å²) in [5.41, 5.74) is 0.661. The topological polar surface area (TPSA) is 21.3 Å². The predicted octanol–water partition coefficient (Wildman–Crippen LogP) is 3.33. The van der Waals surface area contributed by atoms with E-state index in [0.717, 1.165) is 0 Å². The van der Waals surface area contributed by atoms with E-state index >= 15 is 0 Å². The van der Waals surface area contributed by atoms with Gasteiger partial charge in [-0.1, -0.05) is 0 Å². The third-order valence-corrected chi connectivity index (χ3v) is 1.86. The summed E-state index contributed by atoms with van der Waals surface area (Å²) in [5.74, 6) is -0.0837. The van der Waals surface area contributed by atoms with E-state index in [9.17, 15) is 4.39 Å². The second-order valence-corrected chi connectivity index (χ2v) is 3.30. The number of rotatable bonds is 3. The van der Waals surface area contributed by atoms with Crippen LogP contribution in [0.15, 0.2) is 18.2 Å². The minimum absolute atomic E-state index is 0.0164. The molecule has 0 aliphatic carbocycles. The van der Waals surface area contributed by atoms with E-state index < -0.39 is 0 Å². The standard InChI is InChI=1S/C9H11BrFNO/c1-6(2)13-9-4-3-7(12-10)5-8(9)11/h3-6,12H,1-2H3. The molecule has 72 valence electrons. The van der Waals surface area contributed by atoms with Gasteiger partial charge in [0.1, 0.15) is 0 Å². The van der Waals surface area contributed by atoms with Crippen LogP contribution < -0.4 is 9.08 Å². The molecule has 2 nitrogen and oxygen atoms in total. The molecule has 1 aromatic rings. The van der Waals surface area contributed by atoms with E-state index in [1.54, 1.807) is 12.1 Å². The summed E-state index contributed by atoms with van der Waals surface area (Å²) >= 11 is 3.01. The van der Waals surface area contributed by atoms with Crippen LogP contribution in [0.25, 0.3) is 0 Å². The first-order valence-electron chi connectivity index (χ1n) is 3.96. The van der Waals surface area contributed by atoms with Crippen LogP contribution in [-0.2, 0) is 0 Å². The quantitative estimate of drug-likeness (QED) is 0.828. The van der Waals surface area contributed by atoms with Gasteiger partial charge in [0.25, 0.3) is 0 Å². The number of halogens is 2. The highest BCUT2D eigenvalue weighted by atomic mass is 79.9. The molecule has 1 aromatic carbocycles. The summed E-state index contributed by atoms with van der Waals surface area (Å²) in [4.78, 5) is 0. The maximum atomic E-state index is 13.2. The van der Waals surface area contributed by atoms with Crippen LogP contribution in [0.3, 0.4) is 0 Å². The minimum atomic E-state index is -0.363. The van der Waals surface area contributed by atoms with Crippen molar-refractivity contribution < 1.29 is 9.13 Å². The minimum Gasteiger partial charge on any atom is -0.488 e. The largest absolute Gasteiger partial charge is 0.488 e. The summed E-state index contributed by atoms with van der Waals surface area (Å²) in [6, 6.07) is 4.70. The fourth-order valence-electron chi connectivity index (χ4n) is 0.909. The van der Waals surface area contributed by atoms with Gasteiger partial charge in [-0.05, 0) is 26.0 Å². The smallest absolute Gasteiger partial charge is 0.167 e. The highest BCUT2D eigenvalue weighted by Gasteiger charge is 2.05. The van der Waals surface area contributed by atoms with Gasteiger partial charge in [-0.3, -0.25) is 0 Å². The maximum absolute atomic E-state index is 13.2. The van der Waals surface area contributed by atoms with Gasteiger partial charge < -0.3 is 9.08 Å². The van der Waals surface area contributed by atoms with Gasteiger partial charge in [-0.15, -0.1) is 0 Å². The Hall–Kier alpha value is -0.770. The molecule has 0 aromatic heterocycles. The highest BCUT2D eigenvalue weighted by Crippen LogP contribution is 2.22. The van der Waals surface area contributed by atoms with Gasteiger partial charge >= 0.3 is 0 Å². The molecule has 0 aliphatic heterocycles. The van der Waals surface area contributed by atoms with Crippen LogP contribution >= 0.6 is 16.1 Å². The number of hydrogen-bond acceptors (Lipinski definition) is 2. The Balaban J connectivity index is 2.85. The third kappa shape index (κ3) is 2.88. The van der Waals surface area contributed by atoms with Gasteiger partial charge in [0, 0.05) is 27.9 Å². The molecule has 1 rings (SSSR count). The summed E-state index contributed by atoms with van der Waals surface area (Å²) < 4.78 is 21.1. The lowest BCUT2D eigenvalue weighted by Crippen LogP contribution is -2.06. The molecule has 0 heterocycles. The lowest BCUT2D eigenvalue weighted by atomic mass is 10.3. The summed E-state index contributed by atoms with van der Waals surface area (Å²) in [7, 11) is 0. The average molecular weight is 248 g/mol.